The summed E-state index contributed by atoms with van der Waals surface area (Å²) in [7, 11) is 0. The predicted molar refractivity (Wildman–Crippen MR) is 53.1 cm³/mol. The van der Waals surface area contributed by atoms with E-state index >= 15 is 0 Å². The van der Waals surface area contributed by atoms with Gasteiger partial charge in [-0.3, -0.25) is 4.98 Å². The Labute approximate surface area is 104 Å². The van der Waals surface area contributed by atoms with Gasteiger partial charge in [0, 0.05) is 5.56 Å². The topological polar surface area (TPSA) is 36.7 Å². The van der Waals surface area contributed by atoms with Crippen LogP contribution in [0.15, 0.2) is 6.07 Å². The van der Waals surface area contributed by atoms with Crippen molar-refractivity contribution in [2.24, 2.45) is 0 Å². The van der Waals surface area contributed by atoms with Gasteiger partial charge in [0.1, 0.15) is 0 Å². The molecule has 18 heavy (non-hydrogen) atoms. The summed E-state index contributed by atoms with van der Waals surface area (Å²) >= 11 is 5.30. The van der Waals surface area contributed by atoms with E-state index in [1.807, 2.05) is 0 Å². The van der Waals surface area contributed by atoms with Gasteiger partial charge in [0.05, 0.1) is 35.3 Å². The molecule has 8 heteroatoms. The van der Waals surface area contributed by atoms with Gasteiger partial charge in [-0.15, -0.1) is 11.6 Å². The van der Waals surface area contributed by atoms with E-state index in [0.29, 0.717) is 6.07 Å². The Kier molecular flexibility index (Phi) is 4.46. The standard InChI is InChI=1S/C10H6ClF5N2/c11-4-7-8(10(14,15)16)6(9(12)13)3-5(18-7)1-2-17/h3,9H,1,4H2. The van der Waals surface area contributed by atoms with E-state index in [1.54, 1.807) is 6.07 Å². The lowest BCUT2D eigenvalue weighted by Crippen LogP contribution is -2.15. The average molecular weight is 285 g/mol. The molecule has 0 aliphatic carbocycles. The molecule has 0 aromatic carbocycles. The molecule has 0 fully saturated rings. The Morgan fingerprint density at radius 2 is 2.00 bits per heavy atom. The quantitative estimate of drug-likeness (QED) is 0.624. The van der Waals surface area contributed by atoms with Crippen LogP contribution < -0.4 is 0 Å². The van der Waals surface area contributed by atoms with Crippen molar-refractivity contribution >= 4 is 11.6 Å². The van der Waals surface area contributed by atoms with E-state index in [4.69, 9.17) is 16.9 Å². The van der Waals surface area contributed by atoms with Crippen LogP contribution in [0.5, 0.6) is 0 Å². The molecule has 0 radical (unpaired) electrons. The predicted octanol–water partition coefficient (Wildman–Crippen LogP) is 3.84. The minimum Gasteiger partial charge on any atom is -0.255 e. The van der Waals surface area contributed by atoms with Gasteiger partial charge in [0.2, 0.25) is 0 Å². The van der Waals surface area contributed by atoms with Crippen molar-refractivity contribution in [3.05, 3.63) is 28.6 Å². The first kappa shape index (κ1) is 14.6. The molecule has 0 N–H and O–H groups in total. The van der Waals surface area contributed by atoms with E-state index in [0.717, 1.165) is 0 Å². The molecule has 1 heterocycles. The maximum Gasteiger partial charge on any atom is 0.418 e. The van der Waals surface area contributed by atoms with Crippen LogP contribution >= 0.6 is 11.6 Å². The number of aromatic nitrogens is 1. The first-order valence-corrected chi connectivity index (χ1v) is 5.15. The maximum absolute atomic E-state index is 12.7. The third-order valence-corrected chi connectivity index (χ3v) is 2.34. The van der Waals surface area contributed by atoms with Crippen LogP contribution in [0.1, 0.15) is 28.9 Å². The first-order valence-electron chi connectivity index (χ1n) is 4.62. The van der Waals surface area contributed by atoms with Gasteiger partial charge in [-0.1, -0.05) is 0 Å². The highest BCUT2D eigenvalue weighted by molar-refractivity contribution is 6.17. The summed E-state index contributed by atoms with van der Waals surface area (Å²) in [5.74, 6) is -0.659. The summed E-state index contributed by atoms with van der Waals surface area (Å²) in [4.78, 5) is 3.48. The fourth-order valence-corrected chi connectivity index (χ4v) is 1.64. The smallest absolute Gasteiger partial charge is 0.255 e. The molecule has 0 aliphatic heterocycles. The van der Waals surface area contributed by atoms with Crippen molar-refractivity contribution in [2.75, 3.05) is 0 Å². The molecule has 0 aliphatic rings. The number of nitrogens with zero attached hydrogens (tertiary/aromatic N) is 2. The molecule has 0 saturated carbocycles. The third kappa shape index (κ3) is 3.07. The number of pyridine rings is 1. The highest BCUT2D eigenvalue weighted by Gasteiger charge is 2.39. The molecule has 1 rings (SSSR count). The van der Waals surface area contributed by atoms with Crippen LogP contribution in [0, 0.1) is 11.3 Å². The van der Waals surface area contributed by atoms with Crippen LogP contribution in [0.4, 0.5) is 22.0 Å². The summed E-state index contributed by atoms with van der Waals surface area (Å²) in [5.41, 5.74) is -3.56. The van der Waals surface area contributed by atoms with Crippen molar-refractivity contribution in [1.29, 1.82) is 5.26 Å². The minimum absolute atomic E-state index is 0.156. The SMILES string of the molecule is N#CCc1cc(C(F)F)c(C(F)(F)F)c(CCl)n1. The highest BCUT2D eigenvalue weighted by Crippen LogP contribution is 2.38. The largest absolute Gasteiger partial charge is 0.418 e. The zero-order valence-corrected chi connectivity index (χ0v) is 9.49. The monoisotopic (exact) mass is 284 g/mol. The summed E-state index contributed by atoms with van der Waals surface area (Å²) in [6.07, 6.45) is -8.64. The van der Waals surface area contributed by atoms with Gasteiger partial charge in [0.15, 0.2) is 0 Å². The van der Waals surface area contributed by atoms with E-state index in [1.165, 1.54) is 0 Å². The molecule has 1 aromatic rings. The molecule has 0 spiro atoms. The van der Waals surface area contributed by atoms with Crippen LogP contribution in [0.3, 0.4) is 0 Å². The van der Waals surface area contributed by atoms with Crippen LogP contribution in [0.2, 0.25) is 0 Å². The Morgan fingerprint density at radius 3 is 2.39 bits per heavy atom. The number of halogens is 6. The molecule has 0 amide bonds. The van der Waals surface area contributed by atoms with Crippen molar-refractivity contribution in [2.45, 2.75) is 24.9 Å². The number of nitriles is 1. The first-order chi connectivity index (χ1) is 8.31. The van der Waals surface area contributed by atoms with Crippen molar-refractivity contribution in [3.8, 4) is 6.07 Å². The van der Waals surface area contributed by atoms with E-state index in [9.17, 15) is 22.0 Å². The molecule has 2 nitrogen and oxygen atoms in total. The van der Waals surface area contributed by atoms with Crippen molar-refractivity contribution in [3.63, 3.8) is 0 Å². The Hall–Kier alpha value is -1.42. The molecule has 0 bridgehead atoms. The summed E-state index contributed by atoms with van der Waals surface area (Å²) in [6.45, 7) is 0. The van der Waals surface area contributed by atoms with Gasteiger partial charge < -0.3 is 0 Å². The summed E-state index contributed by atoms with van der Waals surface area (Å²) in [6, 6.07) is 2.22. The van der Waals surface area contributed by atoms with Gasteiger partial charge in [-0.05, 0) is 6.07 Å². The van der Waals surface area contributed by atoms with Gasteiger partial charge in [-0.25, -0.2) is 8.78 Å². The Balaban J connectivity index is 3.52. The fourth-order valence-electron chi connectivity index (χ4n) is 1.45. The van der Waals surface area contributed by atoms with Crippen molar-refractivity contribution in [1.82, 2.24) is 4.98 Å². The average Bonchev–Trinajstić information content (AvgIpc) is 2.26. The van der Waals surface area contributed by atoms with Crippen LogP contribution in [-0.2, 0) is 18.5 Å². The second-order valence-corrected chi connectivity index (χ2v) is 3.56. The Bertz CT molecular complexity index is 478. The molecular formula is C10H6ClF5N2. The number of alkyl halides is 6. The summed E-state index contributed by atoms with van der Waals surface area (Å²) in [5, 5.41) is 8.41. The van der Waals surface area contributed by atoms with Crippen molar-refractivity contribution < 1.29 is 22.0 Å². The van der Waals surface area contributed by atoms with Gasteiger partial charge in [0.25, 0.3) is 6.43 Å². The number of rotatable bonds is 3. The third-order valence-electron chi connectivity index (χ3n) is 2.08. The fraction of sp³-hybridized carbons (Fsp3) is 0.400. The lowest BCUT2D eigenvalue weighted by molar-refractivity contribution is -0.140. The molecule has 1 aromatic heterocycles. The lowest BCUT2D eigenvalue weighted by atomic mass is 10.0. The maximum atomic E-state index is 12.7. The zero-order chi connectivity index (χ0) is 13.9. The van der Waals surface area contributed by atoms with E-state index < -0.39 is 35.3 Å². The number of hydrogen-bond acceptors (Lipinski definition) is 2. The molecule has 0 unspecified atom stereocenters. The number of hydrogen-bond donors (Lipinski definition) is 0. The molecular weight excluding hydrogens is 279 g/mol. The Morgan fingerprint density at radius 1 is 1.39 bits per heavy atom. The molecule has 98 valence electrons. The van der Waals surface area contributed by atoms with E-state index in [-0.39, 0.29) is 12.1 Å². The van der Waals surface area contributed by atoms with Gasteiger partial charge in [-0.2, -0.15) is 18.4 Å². The van der Waals surface area contributed by atoms with Crippen LogP contribution in [0.25, 0.3) is 0 Å². The second kappa shape index (κ2) is 5.48. The zero-order valence-electron chi connectivity index (χ0n) is 8.73. The highest BCUT2D eigenvalue weighted by atomic mass is 35.5. The van der Waals surface area contributed by atoms with Gasteiger partial charge >= 0.3 is 6.18 Å². The van der Waals surface area contributed by atoms with Crippen LogP contribution in [-0.4, -0.2) is 4.98 Å². The second-order valence-electron chi connectivity index (χ2n) is 3.29. The molecule has 0 saturated heterocycles. The van der Waals surface area contributed by atoms with E-state index in [2.05, 4.69) is 4.98 Å². The molecule has 0 atom stereocenters. The lowest BCUT2D eigenvalue weighted by Gasteiger charge is -2.16. The minimum atomic E-state index is -4.96. The normalized spacial score (nSPS) is 11.7. The summed E-state index contributed by atoms with van der Waals surface area (Å²) < 4.78 is 63.3.